The van der Waals surface area contributed by atoms with Crippen LogP contribution in [0.3, 0.4) is 0 Å². The number of halogens is 4. The van der Waals surface area contributed by atoms with E-state index in [1.807, 2.05) is 31.2 Å². The first-order valence-corrected chi connectivity index (χ1v) is 12.8. The highest BCUT2D eigenvalue weighted by atomic mass is 35.5. The second-order valence-electron chi connectivity index (χ2n) is 9.56. The number of para-hydroxylation sites is 2. The molecule has 0 radical (unpaired) electrons. The van der Waals surface area contributed by atoms with E-state index < -0.39 is 23.8 Å². The number of aliphatic carboxylic acids is 1. The quantitative estimate of drug-likeness (QED) is 0.445. The monoisotopic (exact) mass is 550 g/mol. The van der Waals surface area contributed by atoms with Crippen LogP contribution >= 0.6 is 11.6 Å². The Morgan fingerprint density at radius 2 is 1.92 bits per heavy atom. The average Bonchev–Trinajstić information content (AvgIpc) is 3.60. The van der Waals surface area contributed by atoms with Crippen LogP contribution in [0.15, 0.2) is 58.7 Å². The van der Waals surface area contributed by atoms with Gasteiger partial charge in [-0.1, -0.05) is 23.7 Å². The van der Waals surface area contributed by atoms with Crippen LogP contribution < -0.4 is 14.4 Å². The van der Waals surface area contributed by atoms with E-state index in [-0.39, 0.29) is 36.2 Å². The molecule has 3 unspecified atom stereocenters. The Morgan fingerprint density at radius 3 is 2.55 bits per heavy atom. The Morgan fingerprint density at radius 1 is 1.21 bits per heavy atom. The summed E-state index contributed by atoms with van der Waals surface area (Å²) in [5.74, 6) is 0.532. The number of ether oxygens (including phenoxy) is 2. The Hall–Kier alpha value is -3.20. The number of anilines is 1. The molecule has 204 valence electrons. The van der Waals surface area contributed by atoms with Crippen molar-refractivity contribution in [1.82, 2.24) is 0 Å². The minimum atomic E-state index is -4.57. The molecule has 1 saturated carbocycles. The van der Waals surface area contributed by atoms with Crippen LogP contribution in [0, 0.1) is 17.8 Å². The minimum Gasteiger partial charge on any atom is -0.493 e. The van der Waals surface area contributed by atoms with E-state index in [1.165, 1.54) is 6.92 Å². The van der Waals surface area contributed by atoms with E-state index in [9.17, 15) is 23.1 Å². The van der Waals surface area contributed by atoms with Crippen molar-refractivity contribution in [3.63, 3.8) is 0 Å². The Balaban J connectivity index is 0.000000257. The number of carbonyl (C=O) groups is 1. The number of alkyl halides is 3. The van der Waals surface area contributed by atoms with Gasteiger partial charge in [-0.3, -0.25) is 14.7 Å². The molecule has 6 nitrogen and oxygen atoms in total. The molecule has 2 aromatic rings. The number of methoxy groups -OCH3 is 1. The summed E-state index contributed by atoms with van der Waals surface area (Å²) in [6.07, 6.45) is -3.41. The zero-order valence-corrected chi connectivity index (χ0v) is 22.1. The molecule has 1 fully saturated rings. The molecule has 0 spiro atoms. The average molecular weight is 551 g/mol. The van der Waals surface area contributed by atoms with Crippen molar-refractivity contribution < 1.29 is 32.5 Å². The van der Waals surface area contributed by atoms with Crippen molar-refractivity contribution >= 4 is 29.1 Å². The fourth-order valence-corrected chi connectivity index (χ4v) is 5.47. The van der Waals surface area contributed by atoms with Gasteiger partial charge in [-0.15, -0.1) is 0 Å². The first-order chi connectivity index (χ1) is 18.0. The highest BCUT2D eigenvalue weighted by Gasteiger charge is 2.52. The first-order valence-electron chi connectivity index (χ1n) is 12.4. The smallest absolute Gasteiger partial charge is 0.431 e. The molecular formula is C28H30ClF3N2O4. The van der Waals surface area contributed by atoms with Crippen LogP contribution in [0.1, 0.15) is 32.3 Å². The highest BCUT2D eigenvalue weighted by Crippen LogP contribution is 2.53. The Kier molecular flexibility index (Phi) is 8.25. The molecule has 2 heterocycles. The number of rotatable bonds is 5. The molecule has 1 aliphatic carbocycles. The van der Waals surface area contributed by atoms with Gasteiger partial charge in [0.15, 0.2) is 11.5 Å². The minimum absolute atomic E-state index is 0.0300. The maximum Gasteiger partial charge on any atom is 0.431 e. The fraction of sp³-hybridized carbons (Fsp3) is 0.429. The molecule has 2 aliphatic heterocycles. The van der Waals surface area contributed by atoms with Gasteiger partial charge in [-0.05, 0) is 80.0 Å². The van der Waals surface area contributed by atoms with Crippen LogP contribution in [0.25, 0.3) is 0 Å². The van der Waals surface area contributed by atoms with Crippen molar-refractivity contribution in [2.45, 2.75) is 39.3 Å². The molecule has 0 bridgehead atoms. The van der Waals surface area contributed by atoms with Crippen LogP contribution in [0.5, 0.6) is 11.5 Å². The molecule has 0 amide bonds. The maximum absolute atomic E-state index is 14.0. The van der Waals surface area contributed by atoms with E-state index in [4.69, 9.17) is 21.1 Å². The third-order valence-electron chi connectivity index (χ3n) is 6.96. The van der Waals surface area contributed by atoms with Gasteiger partial charge in [0.1, 0.15) is 11.5 Å². The summed E-state index contributed by atoms with van der Waals surface area (Å²) in [6.45, 7) is 3.97. The van der Waals surface area contributed by atoms with Gasteiger partial charge < -0.3 is 14.6 Å². The number of fused-ring (bicyclic) bond motifs is 4. The number of aliphatic imine (C=N–C) groups is 1. The summed E-state index contributed by atoms with van der Waals surface area (Å²) < 4.78 is 52.3. The van der Waals surface area contributed by atoms with Gasteiger partial charge in [0.25, 0.3) is 0 Å². The van der Waals surface area contributed by atoms with Crippen LogP contribution in [0.2, 0.25) is 5.02 Å². The van der Waals surface area contributed by atoms with Crippen LogP contribution in [-0.4, -0.2) is 43.3 Å². The predicted octanol–water partition coefficient (Wildman–Crippen LogP) is 6.77. The SMILES string of the molecule is CC1=C(C(F)(F)F)N2C(=NC1)C(CC(=O)O)C1CC1Cc1cc(Cl)ccc12.CCOc1ccccc1OC. The van der Waals surface area contributed by atoms with Gasteiger partial charge >= 0.3 is 12.1 Å². The normalized spacial score (nSPS) is 21.9. The third kappa shape index (κ3) is 5.93. The maximum atomic E-state index is 14.0. The summed E-state index contributed by atoms with van der Waals surface area (Å²) in [4.78, 5) is 17.0. The molecule has 10 heteroatoms. The lowest BCUT2D eigenvalue weighted by Gasteiger charge is -2.39. The molecule has 0 saturated heterocycles. The molecule has 5 rings (SSSR count). The lowest BCUT2D eigenvalue weighted by atomic mass is 9.89. The van der Waals surface area contributed by atoms with Gasteiger partial charge in [0, 0.05) is 10.9 Å². The first kappa shape index (κ1) is 27.8. The van der Waals surface area contributed by atoms with Crippen molar-refractivity contribution in [3.8, 4) is 11.5 Å². The van der Waals surface area contributed by atoms with E-state index in [1.54, 1.807) is 25.3 Å². The molecule has 3 aliphatic rings. The van der Waals surface area contributed by atoms with Gasteiger partial charge in [-0.25, -0.2) is 0 Å². The van der Waals surface area contributed by atoms with Gasteiger partial charge in [0.2, 0.25) is 0 Å². The summed E-state index contributed by atoms with van der Waals surface area (Å²) in [5.41, 5.74) is 0.498. The zero-order chi connectivity index (χ0) is 27.6. The van der Waals surface area contributed by atoms with Gasteiger partial charge in [-0.2, -0.15) is 13.2 Å². The van der Waals surface area contributed by atoms with Crippen molar-refractivity contribution in [3.05, 3.63) is 64.3 Å². The largest absolute Gasteiger partial charge is 0.493 e. The van der Waals surface area contributed by atoms with Crippen molar-refractivity contribution in [2.75, 3.05) is 25.2 Å². The topological polar surface area (TPSA) is 71.4 Å². The number of amidine groups is 1. The van der Waals surface area contributed by atoms with E-state index >= 15 is 0 Å². The van der Waals surface area contributed by atoms with E-state index in [0.29, 0.717) is 23.7 Å². The highest BCUT2D eigenvalue weighted by molar-refractivity contribution is 6.30. The van der Waals surface area contributed by atoms with Crippen LogP contribution in [0.4, 0.5) is 18.9 Å². The second-order valence-corrected chi connectivity index (χ2v) is 10.00. The lowest BCUT2D eigenvalue weighted by molar-refractivity contribution is -0.137. The summed E-state index contributed by atoms with van der Waals surface area (Å²) in [6, 6.07) is 12.5. The number of hydrogen-bond donors (Lipinski definition) is 1. The molecular weight excluding hydrogens is 521 g/mol. The fourth-order valence-electron chi connectivity index (χ4n) is 5.28. The summed E-state index contributed by atoms with van der Waals surface area (Å²) >= 11 is 6.10. The standard InChI is InChI=1S/C19H18ClF3N2O2.C9H12O2/c1-9-8-24-18-14(7-16(26)27)13-6-10(13)4-11-5-12(20)2-3-15(11)25(18)17(9)19(21,22)23;1-3-11-9-7-5-4-6-8(9)10-2/h2-3,5,10,13-14H,4,6-8H2,1H3,(H,26,27);4-7H,3H2,1-2H3. The van der Waals surface area contributed by atoms with Gasteiger partial charge in [0.05, 0.1) is 32.4 Å². The van der Waals surface area contributed by atoms with Crippen molar-refractivity contribution in [2.24, 2.45) is 22.7 Å². The number of hydrogen-bond acceptors (Lipinski definition) is 5. The van der Waals surface area contributed by atoms with E-state index in [2.05, 4.69) is 4.99 Å². The predicted molar refractivity (Wildman–Crippen MR) is 140 cm³/mol. The van der Waals surface area contributed by atoms with E-state index in [0.717, 1.165) is 28.4 Å². The molecule has 2 aromatic carbocycles. The van der Waals surface area contributed by atoms with Crippen LogP contribution in [-0.2, 0) is 11.2 Å². The zero-order valence-electron chi connectivity index (χ0n) is 21.4. The summed E-state index contributed by atoms with van der Waals surface area (Å²) in [5, 5.41) is 9.81. The van der Waals surface area contributed by atoms with Crippen molar-refractivity contribution in [1.29, 1.82) is 0 Å². The second kappa shape index (κ2) is 11.3. The summed E-state index contributed by atoms with van der Waals surface area (Å²) in [7, 11) is 1.64. The molecule has 38 heavy (non-hydrogen) atoms. The number of nitrogens with zero attached hydrogens (tertiary/aromatic N) is 2. The Labute approximate surface area is 224 Å². The number of benzene rings is 2. The molecule has 1 N–H and O–H groups in total. The lowest BCUT2D eigenvalue weighted by Crippen LogP contribution is -2.46. The number of carboxylic acids is 1. The molecule has 0 aromatic heterocycles. The Bertz CT molecular complexity index is 1260. The third-order valence-corrected chi connectivity index (χ3v) is 7.19. The number of allylic oxidation sites excluding steroid dienone is 1. The number of carboxylic acid groups (broad SMARTS) is 1. The molecule has 3 atom stereocenters.